The lowest BCUT2D eigenvalue weighted by atomic mass is 10.0. The van der Waals surface area contributed by atoms with E-state index >= 15 is 0 Å². The van der Waals surface area contributed by atoms with Crippen molar-refractivity contribution in [2.75, 3.05) is 0 Å². The summed E-state index contributed by atoms with van der Waals surface area (Å²) >= 11 is 6.21. The highest BCUT2D eigenvalue weighted by Gasteiger charge is 2.28. The molecule has 0 spiro atoms. The van der Waals surface area contributed by atoms with Gasteiger partial charge in [-0.3, -0.25) is 4.68 Å². The summed E-state index contributed by atoms with van der Waals surface area (Å²) in [5.74, 6) is 0. The van der Waals surface area contributed by atoms with Crippen LogP contribution in [0.1, 0.15) is 43.9 Å². The first-order valence-electron chi connectivity index (χ1n) is 5.95. The van der Waals surface area contributed by atoms with Crippen LogP contribution >= 0.6 is 11.6 Å². The molecule has 1 aromatic rings. The van der Waals surface area contributed by atoms with E-state index < -0.39 is 0 Å². The number of aromatic nitrogens is 2. The number of aryl methyl sites for hydroxylation is 2. The van der Waals surface area contributed by atoms with Crippen LogP contribution in [0.25, 0.3) is 0 Å². The first kappa shape index (κ1) is 11.9. The summed E-state index contributed by atoms with van der Waals surface area (Å²) in [6.07, 6.45) is 5.21. The monoisotopic (exact) mass is 241 g/mol. The molecule has 0 aliphatic heterocycles. The SMILES string of the molecule is Cc1nn(C)c(Cl)c1CNC1(C)CCCC1. The van der Waals surface area contributed by atoms with Crippen molar-refractivity contribution < 1.29 is 0 Å². The Bertz CT molecular complexity index is 378. The average Bonchev–Trinajstić information content (AvgIpc) is 2.73. The van der Waals surface area contributed by atoms with Crippen LogP contribution in [0.2, 0.25) is 5.15 Å². The number of hydrogen-bond donors (Lipinski definition) is 1. The molecule has 4 heteroatoms. The van der Waals surface area contributed by atoms with Gasteiger partial charge < -0.3 is 5.32 Å². The number of nitrogens with one attached hydrogen (secondary N) is 1. The zero-order valence-corrected chi connectivity index (χ0v) is 11.1. The first-order valence-corrected chi connectivity index (χ1v) is 6.33. The highest BCUT2D eigenvalue weighted by atomic mass is 35.5. The summed E-state index contributed by atoms with van der Waals surface area (Å²) in [4.78, 5) is 0. The van der Waals surface area contributed by atoms with Gasteiger partial charge in [0.2, 0.25) is 0 Å². The van der Waals surface area contributed by atoms with Crippen molar-refractivity contribution in [1.29, 1.82) is 0 Å². The zero-order chi connectivity index (χ0) is 11.8. The van der Waals surface area contributed by atoms with Crippen LogP contribution in [0.4, 0.5) is 0 Å². The van der Waals surface area contributed by atoms with Crippen molar-refractivity contribution >= 4 is 11.6 Å². The molecule has 1 aliphatic rings. The van der Waals surface area contributed by atoms with Crippen LogP contribution in [0.5, 0.6) is 0 Å². The number of halogens is 1. The van der Waals surface area contributed by atoms with Gasteiger partial charge in [-0.2, -0.15) is 5.10 Å². The van der Waals surface area contributed by atoms with Crippen molar-refractivity contribution in [3.8, 4) is 0 Å². The van der Waals surface area contributed by atoms with Crippen molar-refractivity contribution in [3.63, 3.8) is 0 Å². The second-order valence-electron chi connectivity index (χ2n) is 5.10. The predicted octanol–water partition coefficient (Wildman–Crippen LogP) is 2.80. The lowest BCUT2D eigenvalue weighted by molar-refractivity contribution is 0.362. The molecule has 1 heterocycles. The van der Waals surface area contributed by atoms with E-state index in [4.69, 9.17) is 11.6 Å². The number of nitrogens with zero attached hydrogens (tertiary/aromatic N) is 2. The fourth-order valence-electron chi connectivity index (χ4n) is 2.51. The summed E-state index contributed by atoms with van der Waals surface area (Å²) < 4.78 is 1.74. The first-order chi connectivity index (χ1) is 7.52. The van der Waals surface area contributed by atoms with Gasteiger partial charge in [-0.15, -0.1) is 0 Å². The Kier molecular flexibility index (Phi) is 3.27. The summed E-state index contributed by atoms with van der Waals surface area (Å²) in [6, 6.07) is 0. The molecule has 1 saturated carbocycles. The Morgan fingerprint density at radius 2 is 2.06 bits per heavy atom. The van der Waals surface area contributed by atoms with Crippen molar-refractivity contribution in [2.45, 2.75) is 51.6 Å². The maximum Gasteiger partial charge on any atom is 0.131 e. The Morgan fingerprint density at radius 3 is 2.56 bits per heavy atom. The third-order valence-corrected chi connectivity index (χ3v) is 4.14. The Labute approximate surface area is 102 Å². The fourth-order valence-corrected chi connectivity index (χ4v) is 2.75. The smallest absolute Gasteiger partial charge is 0.131 e. The van der Waals surface area contributed by atoms with Crippen LogP contribution in [0.3, 0.4) is 0 Å². The molecule has 2 rings (SSSR count). The van der Waals surface area contributed by atoms with Crippen LogP contribution in [0, 0.1) is 6.92 Å². The van der Waals surface area contributed by atoms with Gasteiger partial charge in [-0.05, 0) is 26.7 Å². The molecule has 0 bridgehead atoms. The molecule has 1 aromatic heterocycles. The van der Waals surface area contributed by atoms with Gasteiger partial charge in [-0.1, -0.05) is 24.4 Å². The highest BCUT2D eigenvalue weighted by Crippen LogP contribution is 2.30. The van der Waals surface area contributed by atoms with Crippen molar-refractivity contribution in [3.05, 3.63) is 16.4 Å². The second kappa shape index (κ2) is 4.38. The summed E-state index contributed by atoms with van der Waals surface area (Å²) in [5.41, 5.74) is 2.46. The van der Waals surface area contributed by atoms with Gasteiger partial charge >= 0.3 is 0 Å². The largest absolute Gasteiger partial charge is 0.307 e. The van der Waals surface area contributed by atoms with E-state index in [9.17, 15) is 0 Å². The Balaban J connectivity index is 2.04. The molecule has 16 heavy (non-hydrogen) atoms. The minimum Gasteiger partial charge on any atom is -0.307 e. The zero-order valence-electron chi connectivity index (χ0n) is 10.3. The van der Waals surface area contributed by atoms with Gasteiger partial charge in [-0.25, -0.2) is 0 Å². The minimum absolute atomic E-state index is 0.297. The second-order valence-corrected chi connectivity index (χ2v) is 5.46. The third kappa shape index (κ3) is 2.25. The van der Waals surface area contributed by atoms with E-state index in [0.29, 0.717) is 5.54 Å². The topological polar surface area (TPSA) is 29.9 Å². The Morgan fingerprint density at radius 1 is 1.44 bits per heavy atom. The molecule has 90 valence electrons. The van der Waals surface area contributed by atoms with E-state index in [-0.39, 0.29) is 0 Å². The molecule has 1 fully saturated rings. The van der Waals surface area contributed by atoms with Gasteiger partial charge in [0.1, 0.15) is 5.15 Å². The molecule has 0 aromatic carbocycles. The third-order valence-electron chi connectivity index (χ3n) is 3.67. The van der Waals surface area contributed by atoms with Gasteiger partial charge in [0, 0.05) is 24.7 Å². The van der Waals surface area contributed by atoms with E-state index in [1.807, 2.05) is 14.0 Å². The molecular formula is C12H20ClN3. The molecular weight excluding hydrogens is 222 g/mol. The highest BCUT2D eigenvalue weighted by molar-refractivity contribution is 6.30. The van der Waals surface area contributed by atoms with Crippen molar-refractivity contribution in [1.82, 2.24) is 15.1 Å². The van der Waals surface area contributed by atoms with Gasteiger partial charge in [0.15, 0.2) is 0 Å². The summed E-state index contributed by atoms with van der Waals surface area (Å²) in [5, 5.41) is 8.71. The lowest BCUT2D eigenvalue weighted by Crippen LogP contribution is -2.38. The number of hydrogen-bond acceptors (Lipinski definition) is 2. The molecule has 0 atom stereocenters. The summed E-state index contributed by atoms with van der Waals surface area (Å²) in [6.45, 7) is 5.15. The molecule has 1 aliphatic carbocycles. The van der Waals surface area contributed by atoms with Crippen LogP contribution in [-0.4, -0.2) is 15.3 Å². The molecule has 0 radical (unpaired) electrons. The average molecular weight is 242 g/mol. The van der Waals surface area contributed by atoms with E-state index in [0.717, 1.165) is 23.0 Å². The van der Waals surface area contributed by atoms with Crippen LogP contribution in [-0.2, 0) is 13.6 Å². The maximum absolute atomic E-state index is 6.21. The molecule has 0 amide bonds. The fraction of sp³-hybridized carbons (Fsp3) is 0.750. The van der Waals surface area contributed by atoms with Gasteiger partial charge in [0.25, 0.3) is 0 Å². The number of rotatable bonds is 3. The quantitative estimate of drug-likeness (QED) is 0.882. The van der Waals surface area contributed by atoms with E-state index in [1.165, 1.54) is 25.7 Å². The molecule has 3 nitrogen and oxygen atoms in total. The van der Waals surface area contributed by atoms with Crippen LogP contribution < -0.4 is 5.32 Å². The normalized spacial score (nSPS) is 19.2. The molecule has 0 saturated heterocycles. The minimum atomic E-state index is 0.297. The van der Waals surface area contributed by atoms with Gasteiger partial charge in [0.05, 0.1) is 5.69 Å². The maximum atomic E-state index is 6.21. The van der Waals surface area contributed by atoms with Crippen LogP contribution in [0.15, 0.2) is 0 Å². The van der Waals surface area contributed by atoms with Crippen molar-refractivity contribution in [2.24, 2.45) is 7.05 Å². The Hall–Kier alpha value is -0.540. The predicted molar refractivity (Wildman–Crippen MR) is 66.7 cm³/mol. The van der Waals surface area contributed by atoms with E-state index in [2.05, 4.69) is 17.3 Å². The van der Waals surface area contributed by atoms with E-state index in [1.54, 1.807) is 4.68 Å². The lowest BCUT2D eigenvalue weighted by Gasteiger charge is -2.25. The molecule has 0 unspecified atom stereocenters. The molecule has 1 N–H and O–H groups in total. The standard InChI is InChI=1S/C12H20ClN3/c1-9-10(11(13)16(3)15-9)8-14-12(2)6-4-5-7-12/h14H,4-8H2,1-3H3. The summed E-state index contributed by atoms with van der Waals surface area (Å²) in [7, 11) is 1.89.